The number of benzene rings is 1. The summed E-state index contributed by atoms with van der Waals surface area (Å²) in [5, 5.41) is 2.88. The zero-order chi connectivity index (χ0) is 17.4. The molecule has 0 saturated carbocycles. The second-order valence-corrected chi connectivity index (χ2v) is 5.59. The Hall–Kier alpha value is -1.95. The number of rotatable bonds is 8. The van der Waals surface area contributed by atoms with Crippen molar-refractivity contribution in [3.8, 4) is 0 Å². The van der Waals surface area contributed by atoms with Gasteiger partial charge in [0.05, 0.1) is 25.6 Å². The molecule has 1 amide bonds. The van der Waals surface area contributed by atoms with Gasteiger partial charge in [0.2, 0.25) is 5.91 Å². The smallest absolute Gasteiger partial charge is 0.309 e. The van der Waals surface area contributed by atoms with E-state index in [1.54, 1.807) is 19.1 Å². The van der Waals surface area contributed by atoms with E-state index in [4.69, 9.17) is 4.74 Å². The van der Waals surface area contributed by atoms with Gasteiger partial charge < -0.3 is 10.1 Å². The fourth-order valence-corrected chi connectivity index (χ4v) is 2.29. The van der Waals surface area contributed by atoms with Gasteiger partial charge in [-0.05, 0) is 31.2 Å². The highest BCUT2D eigenvalue weighted by Crippen LogP contribution is 2.12. The first-order chi connectivity index (χ1) is 10.9. The van der Waals surface area contributed by atoms with Crippen LogP contribution in [0.25, 0.3) is 0 Å². The minimum absolute atomic E-state index is 0.138. The third kappa shape index (κ3) is 6.36. The van der Waals surface area contributed by atoms with Crippen LogP contribution in [0, 0.1) is 11.7 Å². The van der Waals surface area contributed by atoms with Crippen molar-refractivity contribution in [3.63, 3.8) is 0 Å². The van der Waals surface area contributed by atoms with Gasteiger partial charge in [-0.3, -0.25) is 14.5 Å². The molecule has 1 aromatic carbocycles. The van der Waals surface area contributed by atoms with Crippen LogP contribution in [-0.2, 0) is 14.3 Å². The molecule has 0 aromatic heterocycles. The lowest BCUT2D eigenvalue weighted by molar-refractivity contribution is -0.145. The minimum atomic E-state index is -0.304. The average Bonchev–Trinajstić information content (AvgIpc) is 2.53. The van der Waals surface area contributed by atoms with E-state index in [0.717, 1.165) is 5.56 Å². The maximum absolute atomic E-state index is 12.9. The topological polar surface area (TPSA) is 58.6 Å². The van der Waals surface area contributed by atoms with Crippen LogP contribution in [0.3, 0.4) is 0 Å². The predicted octanol–water partition coefficient (Wildman–Crippen LogP) is 2.13. The number of esters is 1. The number of hydrogen-bond donors (Lipinski definition) is 1. The number of carbonyl (C=O) groups excluding carboxylic acids is 2. The summed E-state index contributed by atoms with van der Waals surface area (Å²) in [6.07, 6.45) is 0. The summed E-state index contributed by atoms with van der Waals surface area (Å²) in [6, 6.07) is 5.83. The van der Waals surface area contributed by atoms with Crippen LogP contribution in [0.2, 0.25) is 0 Å². The van der Waals surface area contributed by atoms with Crippen molar-refractivity contribution in [2.75, 3.05) is 26.7 Å². The standard InChI is InChI=1S/C17H25FN2O3/c1-5-20(10-12(2)17(22)23-4)11-16(21)19-13(3)14-6-8-15(18)9-7-14/h6-9,12-13H,5,10-11H2,1-4H3,(H,19,21)/t12-,13-/m1/s1. The summed E-state index contributed by atoms with van der Waals surface area (Å²) >= 11 is 0. The maximum Gasteiger partial charge on any atom is 0.309 e. The molecule has 0 aliphatic rings. The molecule has 0 unspecified atom stereocenters. The number of methoxy groups -OCH3 is 1. The lowest BCUT2D eigenvalue weighted by Gasteiger charge is -2.23. The first kappa shape index (κ1) is 19.1. The second kappa shape index (κ2) is 9.25. The summed E-state index contributed by atoms with van der Waals surface area (Å²) in [5.41, 5.74) is 0.839. The number of hydrogen-bond acceptors (Lipinski definition) is 4. The van der Waals surface area contributed by atoms with E-state index in [1.807, 2.05) is 18.7 Å². The number of nitrogens with zero attached hydrogens (tertiary/aromatic N) is 1. The molecule has 23 heavy (non-hydrogen) atoms. The Kier molecular flexibility index (Phi) is 7.68. The van der Waals surface area contributed by atoms with Crippen molar-refractivity contribution in [3.05, 3.63) is 35.6 Å². The highest BCUT2D eigenvalue weighted by Gasteiger charge is 2.19. The molecular weight excluding hydrogens is 299 g/mol. The SMILES string of the molecule is CCN(CC(=O)N[C@H](C)c1ccc(F)cc1)C[C@@H](C)C(=O)OC. The Morgan fingerprint density at radius 1 is 1.26 bits per heavy atom. The summed E-state index contributed by atoms with van der Waals surface area (Å²) < 4.78 is 17.6. The number of ether oxygens (including phenoxy) is 1. The van der Waals surface area contributed by atoms with E-state index < -0.39 is 0 Å². The molecular formula is C17H25FN2O3. The molecule has 6 heteroatoms. The van der Waals surface area contributed by atoms with Crippen LogP contribution in [-0.4, -0.2) is 43.5 Å². The monoisotopic (exact) mass is 324 g/mol. The Morgan fingerprint density at radius 2 is 1.87 bits per heavy atom. The minimum Gasteiger partial charge on any atom is -0.469 e. The number of halogens is 1. The van der Waals surface area contributed by atoms with Gasteiger partial charge in [0.1, 0.15) is 5.82 Å². The second-order valence-electron chi connectivity index (χ2n) is 5.59. The normalized spacial score (nSPS) is 13.5. The summed E-state index contributed by atoms with van der Waals surface area (Å²) in [4.78, 5) is 25.5. The van der Waals surface area contributed by atoms with Gasteiger partial charge in [-0.25, -0.2) is 4.39 Å². The van der Waals surface area contributed by atoms with Crippen molar-refractivity contribution in [2.45, 2.75) is 26.8 Å². The van der Waals surface area contributed by atoms with Gasteiger partial charge in [-0.15, -0.1) is 0 Å². The van der Waals surface area contributed by atoms with E-state index >= 15 is 0 Å². The fourth-order valence-electron chi connectivity index (χ4n) is 2.29. The van der Waals surface area contributed by atoms with Crippen LogP contribution in [0.4, 0.5) is 4.39 Å². The molecule has 0 radical (unpaired) electrons. The number of amides is 1. The Labute approximate surface area is 136 Å². The molecule has 0 bridgehead atoms. The highest BCUT2D eigenvalue weighted by molar-refractivity contribution is 5.78. The van der Waals surface area contributed by atoms with E-state index in [0.29, 0.717) is 13.1 Å². The predicted molar refractivity (Wildman–Crippen MR) is 86.3 cm³/mol. The molecule has 2 atom stereocenters. The van der Waals surface area contributed by atoms with E-state index in [1.165, 1.54) is 19.2 Å². The first-order valence-corrected chi connectivity index (χ1v) is 7.72. The molecule has 0 aliphatic heterocycles. The maximum atomic E-state index is 12.9. The van der Waals surface area contributed by atoms with E-state index in [9.17, 15) is 14.0 Å². The Balaban J connectivity index is 2.52. The molecule has 1 rings (SSSR count). The van der Waals surface area contributed by atoms with Gasteiger partial charge in [0, 0.05) is 6.54 Å². The fraction of sp³-hybridized carbons (Fsp3) is 0.529. The number of likely N-dealkylation sites (N-methyl/N-ethyl adjacent to an activating group) is 1. The van der Waals surface area contributed by atoms with Crippen LogP contribution in [0.1, 0.15) is 32.4 Å². The first-order valence-electron chi connectivity index (χ1n) is 7.72. The van der Waals surface area contributed by atoms with Crippen molar-refractivity contribution >= 4 is 11.9 Å². The number of carbonyl (C=O) groups is 2. The molecule has 0 spiro atoms. The van der Waals surface area contributed by atoms with Crippen molar-refractivity contribution in [1.82, 2.24) is 10.2 Å². The molecule has 128 valence electrons. The zero-order valence-electron chi connectivity index (χ0n) is 14.1. The molecule has 0 saturated heterocycles. The quantitative estimate of drug-likeness (QED) is 0.744. The summed E-state index contributed by atoms with van der Waals surface area (Å²) in [5.74, 6) is -1.02. The highest BCUT2D eigenvalue weighted by atomic mass is 19.1. The van der Waals surface area contributed by atoms with E-state index in [-0.39, 0.29) is 36.2 Å². The molecule has 1 aromatic rings. The van der Waals surface area contributed by atoms with Gasteiger partial charge in [-0.2, -0.15) is 0 Å². The van der Waals surface area contributed by atoms with Crippen molar-refractivity contribution < 1.29 is 18.7 Å². The van der Waals surface area contributed by atoms with Gasteiger partial charge in [0.15, 0.2) is 0 Å². The molecule has 1 N–H and O–H groups in total. The summed E-state index contributed by atoms with van der Waals surface area (Å²) in [6.45, 7) is 6.86. The van der Waals surface area contributed by atoms with Crippen molar-refractivity contribution in [2.24, 2.45) is 5.92 Å². The van der Waals surface area contributed by atoms with Crippen LogP contribution < -0.4 is 5.32 Å². The lowest BCUT2D eigenvalue weighted by atomic mass is 10.1. The van der Waals surface area contributed by atoms with Gasteiger partial charge in [0.25, 0.3) is 0 Å². The van der Waals surface area contributed by atoms with Gasteiger partial charge >= 0.3 is 5.97 Å². The molecule has 0 fully saturated rings. The lowest BCUT2D eigenvalue weighted by Crippen LogP contribution is -2.41. The molecule has 5 nitrogen and oxygen atoms in total. The average molecular weight is 324 g/mol. The van der Waals surface area contributed by atoms with Crippen molar-refractivity contribution in [1.29, 1.82) is 0 Å². The summed E-state index contributed by atoms with van der Waals surface area (Å²) in [7, 11) is 1.35. The third-order valence-corrected chi connectivity index (χ3v) is 3.70. The Morgan fingerprint density at radius 3 is 2.39 bits per heavy atom. The molecule has 0 heterocycles. The number of nitrogens with one attached hydrogen (secondary N) is 1. The van der Waals surface area contributed by atoms with E-state index in [2.05, 4.69) is 5.32 Å². The largest absolute Gasteiger partial charge is 0.469 e. The van der Waals surface area contributed by atoms with Crippen LogP contribution in [0.15, 0.2) is 24.3 Å². The van der Waals surface area contributed by atoms with Crippen LogP contribution >= 0.6 is 0 Å². The third-order valence-electron chi connectivity index (χ3n) is 3.70. The van der Waals surface area contributed by atoms with Crippen LogP contribution in [0.5, 0.6) is 0 Å². The molecule has 0 aliphatic carbocycles. The van der Waals surface area contributed by atoms with Gasteiger partial charge in [-0.1, -0.05) is 26.0 Å². The Bertz CT molecular complexity index is 519. The zero-order valence-corrected chi connectivity index (χ0v) is 14.1.